The Morgan fingerprint density at radius 3 is 2.47 bits per heavy atom. The van der Waals surface area contributed by atoms with Crippen LogP contribution in [0.4, 0.5) is 0 Å². The van der Waals surface area contributed by atoms with E-state index in [1.54, 1.807) is 0 Å². The Morgan fingerprint density at radius 2 is 2.00 bits per heavy atom. The minimum atomic E-state index is -0.0789. The fourth-order valence-corrected chi connectivity index (χ4v) is 2.36. The lowest BCUT2D eigenvalue weighted by Gasteiger charge is -2.48. The number of piperazine rings is 1. The van der Waals surface area contributed by atoms with Gasteiger partial charge in [0.25, 0.3) is 0 Å². The highest BCUT2D eigenvalue weighted by molar-refractivity contribution is 5.83. The molecule has 4 heteroatoms. The van der Waals surface area contributed by atoms with Gasteiger partial charge in [-0.2, -0.15) is 0 Å². The number of hydrogen-bond acceptors (Lipinski definition) is 3. The molecule has 1 N–H and O–H groups in total. The van der Waals surface area contributed by atoms with Crippen LogP contribution in [0, 0.1) is 0 Å². The summed E-state index contributed by atoms with van der Waals surface area (Å²) in [7, 11) is 3.99. The predicted octanol–water partition coefficient (Wildman–Crippen LogP) is 0.926. The maximum absolute atomic E-state index is 12.5. The lowest BCUT2D eigenvalue weighted by molar-refractivity contribution is -0.149. The van der Waals surface area contributed by atoms with Gasteiger partial charge in [-0.3, -0.25) is 9.69 Å². The van der Waals surface area contributed by atoms with E-state index in [1.165, 1.54) is 0 Å². The number of carbonyl (C=O) groups excluding carboxylic acids is 1. The Bertz CT molecular complexity index is 272. The number of likely N-dealkylation sites (N-methyl/N-ethyl adjacent to an activating group) is 1. The van der Waals surface area contributed by atoms with E-state index in [-0.39, 0.29) is 17.5 Å². The van der Waals surface area contributed by atoms with Gasteiger partial charge in [0.05, 0.1) is 6.04 Å². The highest BCUT2D eigenvalue weighted by Gasteiger charge is 2.40. The van der Waals surface area contributed by atoms with Crippen molar-refractivity contribution in [1.29, 1.82) is 0 Å². The molecule has 1 aliphatic rings. The van der Waals surface area contributed by atoms with E-state index in [0.717, 1.165) is 19.5 Å². The van der Waals surface area contributed by atoms with Crippen molar-refractivity contribution in [1.82, 2.24) is 15.1 Å². The van der Waals surface area contributed by atoms with Gasteiger partial charge in [-0.15, -0.1) is 0 Å². The van der Waals surface area contributed by atoms with Crippen LogP contribution in [0.15, 0.2) is 0 Å². The Morgan fingerprint density at radius 1 is 1.41 bits per heavy atom. The molecule has 0 aromatic carbocycles. The first-order chi connectivity index (χ1) is 7.79. The molecule has 0 aromatic heterocycles. The van der Waals surface area contributed by atoms with Crippen molar-refractivity contribution in [3.05, 3.63) is 0 Å². The molecule has 2 unspecified atom stereocenters. The molecular weight excluding hydrogens is 214 g/mol. The predicted molar refractivity (Wildman–Crippen MR) is 71.0 cm³/mol. The van der Waals surface area contributed by atoms with E-state index in [0.29, 0.717) is 6.04 Å². The summed E-state index contributed by atoms with van der Waals surface area (Å²) in [4.78, 5) is 16.7. The SMILES string of the molecule is CNCCC1C(=O)N(C(C)(C)C)CC(C)N1C. The summed E-state index contributed by atoms with van der Waals surface area (Å²) in [5.74, 6) is 0.272. The number of nitrogens with one attached hydrogen (secondary N) is 1. The second kappa shape index (κ2) is 5.36. The van der Waals surface area contributed by atoms with E-state index in [2.05, 4.69) is 45.0 Å². The highest BCUT2D eigenvalue weighted by Crippen LogP contribution is 2.24. The van der Waals surface area contributed by atoms with Gasteiger partial charge in [0.2, 0.25) is 5.91 Å². The summed E-state index contributed by atoms with van der Waals surface area (Å²) in [6.07, 6.45) is 0.878. The second-order valence-electron chi connectivity index (χ2n) is 6.04. The van der Waals surface area contributed by atoms with Gasteiger partial charge in [0.1, 0.15) is 0 Å². The van der Waals surface area contributed by atoms with Crippen molar-refractivity contribution in [2.75, 3.05) is 27.2 Å². The first-order valence-corrected chi connectivity index (χ1v) is 6.47. The van der Waals surface area contributed by atoms with E-state index in [9.17, 15) is 4.79 Å². The summed E-state index contributed by atoms with van der Waals surface area (Å²) < 4.78 is 0. The van der Waals surface area contributed by atoms with Crippen molar-refractivity contribution in [2.45, 2.75) is 51.7 Å². The fraction of sp³-hybridized carbons (Fsp3) is 0.923. The summed E-state index contributed by atoms with van der Waals surface area (Å²) in [6, 6.07) is 0.444. The number of amides is 1. The minimum Gasteiger partial charge on any atom is -0.335 e. The molecule has 2 atom stereocenters. The fourth-order valence-electron chi connectivity index (χ4n) is 2.36. The Labute approximate surface area is 105 Å². The smallest absolute Gasteiger partial charge is 0.240 e. The number of carbonyl (C=O) groups is 1. The van der Waals surface area contributed by atoms with Crippen LogP contribution in [0.25, 0.3) is 0 Å². The minimum absolute atomic E-state index is 0.0189. The van der Waals surface area contributed by atoms with Crippen molar-refractivity contribution in [2.24, 2.45) is 0 Å². The van der Waals surface area contributed by atoms with Gasteiger partial charge in [-0.05, 0) is 54.8 Å². The van der Waals surface area contributed by atoms with E-state index in [1.807, 2.05) is 11.9 Å². The molecule has 100 valence electrons. The molecule has 0 aliphatic carbocycles. The van der Waals surface area contributed by atoms with Gasteiger partial charge in [-0.1, -0.05) is 0 Å². The molecule has 4 nitrogen and oxygen atoms in total. The number of hydrogen-bond donors (Lipinski definition) is 1. The van der Waals surface area contributed by atoms with E-state index in [4.69, 9.17) is 0 Å². The van der Waals surface area contributed by atoms with Crippen molar-refractivity contribution >= 4 is 5.91 Å². The monoisotopic (exact) mass is 241 g/mol. The Hall–Kier alpha value is -0.610. The number of rotatable bonds is 3. The third kappa shape index (κ3) is 3.19. The maximum Gasteiger partial charge on any atom is 0.240 e. The molecule has 1 saturated heterocycles. The van der Waals surface area contributed by atoms with Crippen molar-refractivity contribution in [3.8, 4) is 0 Å². The Kier molecular flexibility index (Phi) is 4.55. The molecule has 17 heavy (non-hydrogen) atoms. The highest BCUT2D eigenvalue weighted by atomic mass is 16.2. The van der Waals surface area contributed by atoms with Gasteiger partial charge >= 0.3 is 0 Å². The zero-order valence-corrected chi connectivity index (χ0v) is 12.1. The zero-order chi connectivity index (χ0) is 13.2. The molecule has 0 radical (unpaired) electrons. The van der Waals surface area contributed by atoms with Crippen molar-refractivity contribution in [3.63, 3.8) is 0 Å². The second-order valence-corrected chi connectivity index (χ2v) is 6.04. The van der Waals surface area contributed by atoms with Crippen LogP contribution in [-0.2, 0) is 4.79 Å². The van der Waals surface area contributed by atoms with Crippen molar-refractivity contribution < 1.29 is 4.79 Å². The lowest BCUT2D eigenvalue weighted by atomic mass is 9.97. The molecule has 0 spiro atoms. The molecule has 0 saturated carbocycles. The normalized spacial score (nSPS) is 27.6. The van der Waals surface area contributed by atoms with E-state index < -0.39 is 0 Å². The quantitative estimate of drug-likeness (QED) is 0.798. The van der Waals surface area contributed by atoms with Crippen LogP contribution in [-0.4, -0.2) is 60.5 Å². The first kappa shape index (κ1) is 14.5. The molecule has 1 heterocycles. The molecule has 0 bridgehead atoms. The van der Waals surface area contributed by atoms with Crippen LogP contribution in [0.1, 0.15) is 34.1 Å². The molecule has 1 amide bonds. The first-order valence-electron chi connectivity index (χ1n) is 6.47. The summed E-state index contributed by atoms with van der Waals surface area (Å²) in [5, 5.41) is 3.13. The molecule has 1 rings (SSSR count). The van der Waals surface area contributed by atoms with Gasteiger partial charge in [0, 0.05) is 18.1 Å². The molecule has 1 fully saturated rings. The third-order valence-corrected chi connectivity index (χ3v) is 3.66. The molecular formula is C13H27N3O. The summed E-state index contributed by atoms with van der Waals surface area (Å²) >= 11 is 0. The van der Waals surface area contributed by atoms with Crippen LogP contribution in [0.3, 0.4) is 0 Å². The summed E-state index contributed by atoms with van der Waals surface area (Å²) in [5.41, 5.74) is -0.0789. The lowest BCUT2D eigenvalue weighted by Crippen LogP contribution is -2.64. The summed E-state index contributed by atoms with van der Waals surface area (Å²) in [6.45, 7) is 10.2. The third-order valence-electron chi connectivity index (χ3n) is 3.66. The average molecular weight is 241 g/mol. The standard InChI is InChI=1S/C13H27N3O/c1-10-9-16(13(2,3)4)12(17)11(15(10)6)7-8-14-5/h10-11,14H,7-9H2,1-6H3. The van der Waals surface area contributed by atoms with Gasteiger partial charge in [-0.25, -0.2) is 0 Å². The average Bonchev–Trinajstić information content (AvgIpc) is 2.22. The van der Waals surface area contributed by atoms with E-state index >= 15 is 0 Å². The Balaban J connectivity index is 2.83. The maximum atomic E-state index is 12.5. The van der Waals surface area contributed by atoms with Crippen LogP contribution in [0.5, 0.6) is 0 Å². The van der Waals surface area contributed by atoms with Gasteiger partial charge < -0.3 is 10.2 Å². The number of nitrogens with zero attached hydrogens (tertiary/aromatic N) is 2. The van der Waals surface area contributed by atoms with Crippen LogP contribution >= 0.6 is 0 Å². The van der Waals surface area contributed by atoms with Gasteiger partial charge in [0.15, 0.2) is 0 Å². The van der Waals surface area contributed by atoms with Crippen LogP contribution < -0.4 is 5.32 Å². The largest absolute Gasteiger partial charge is 0.335 e. The molecule has 0 aromatic rings. The molecule has 1 aliphatic heterocycles. The zero-order valence-electron chi connectivity index (χ0n) is 12.1. The topological polar surface area (TPSA) is 35.6 Å². The van der Waals surface area contributed by atoms with Crippen LogP contribution in [0.2, 0.25) is 0 Å².